The van der Waals surface area contributed by atoms with Crippen LogP contribution in [0.5, 0.6) is 0 Å². The van der Waals surface area contributed by atoms with Gasteiger partial charge in [-0.1, -0.05) is 23.7 Å². The number of rotatable bonds is 5. The molecule has 3 rings (SSSR count). The highest BCUT2D eigenvalue weighted by molar-refractivity contribution is 7.90. The van der Waals surface area contributed by atoms with Gasteiger partial charge in [-0.15, -0.1) is 10.2 Å². The number of nitrogens with zero attached hydrogens (tertiary/aromatic N) is 4. The van der Waals surface area contributed by atoms with E-state index in [-0.39, 0.29) is 28.1 Å². The van der Waals surface area contributed by atoms with Gasteiger partial charge >= 0.3 is 6.09 Å². The minimum atomic E-state index is -4.25. The van der Waals surface area contributed by atoms with E-state index in [0.29, 0.717) is 5.56 Å². The second-order valence-corrected chi connectivity index (χ2v) is 9.58. The molecule has 0 saturated heterocycles. The molecule has 0 aliphatic carbocycles. The molecule has 0 aliphatic heterocycles. The lowest BCUT2D eigenvalue weighted by atomic mass is 10.2. The van der Waals surface area contributed by atoms with Crippen LogP contribution in [0.1, 0.15) is 26.3 Å². The van der Waals surface area contributed by atoms with Gasteiger partial charge < -0.3 is 4.74 Å². The molecule has 0 fully saturated rings. The lowest BCUT2D eigenvalue weighted by molar-refractivity contribution is 0.0570. The molecule has 3 aromatic rings. The molecule has 0 spiro atoms. The Morgan fingerprint density at radius 3 is 2.48 bits per heavy atom. The maximum absolute atomic E-state index is 13.0. The van der Waals surface area contributed by atoms with Gasteiger partial charge in [0, 0.05) is 5.56 Å². The molecule has 0 radical (unpaired) electrons. The van der Waals surface area contributed by atoms with Crippen LogP contribution < -0.4 is 4.72 Å². The van der Waals surface area contributed by atoms with Gasteiger partial charge in [-0.05, 0) is 61.9 Å². The molecule has 0 aliphatic rings. The third-order valence-electron chi connectivity index (χ3n) is 3.79. The maximum Gasteiger partial charge on any atom is 0.421 e. The van der Waals surface area contributed by atoms with Crippen molar-refractivity contribution in [1.82, 2.24) is 24.9 Å². The van der Waals surface area contributed by atoms with Gasteiger partial charge in [0.2, 0.25) is 5.82 Å². The molecule has 1 heterocycles. The zero-order valence-electron chi connectivity index (χ0n) is 16.8. The van der Waals surface area contributed by atoms with Gasteiger partial charge in [0.15, 0.2) is 0 Å². The van der Waals surface area contributed by atoms with E-state index in [4.69, 9.17) is 16.3 Å². The minimum Gasteiger partial charge on any atom is -0.443 e. The van der Waals surface area contributed by atoms with E-state index >= 15 is 0 Å². The van der Waals surface area contributed by atoms with Crippen LogP contribution >= 0.6 is 11.6 Å². The summed E-state index contributed by atoms with van der Waals surface area (Å²) in [5.74, 6) is -0.130. The first kappa shape index (κ1) is 22.6. The van der Waals surface area contributed by atoms with Gasteiger partial charge in [0.1, 0.15) is 16.3 Å². The summed E-state index contributed by atoms with van der Waals surface area (Å²) >= 11 is 6.14. The number of nitrogens with one attached hydrogen (secondary N) is 1. The molecule has 0 saturated carbocycles. The zero-order chi connectivity index (χ0) is 22.8. The quantitative estimate of drug-likeness (QED) is 0.611. The molecular formula is C19H19ClFN5O4S. The normalized spacial score (nSPS) is 11.9. The Kier molecular flexibility index (Phi) is 6.27. The molecule has 12 heteroatoms. The number of aromatic nitrogens is 4. The Labute approximate surface area is 183 Å². The number of sulfonamides is 1. The molecule has 1 aromatic heterocycles. The molecule has 0 atom stereocenters. The number of benzene rings is 2. The van der Waals surface area contributed by atoms with E-state index in [1.165, 1.54) is 35.1 Å². The SMILES string of the molecule is CC(C)(C)OC(=O)NS(=O)(=O)c1ccc(-c2nnn(Cc3ccc(F)cc3)n2)cc1Cl. The number of hydrogen-bond acceptors (Lipinski definition) is 7. The molecule has 0 bridgehead atoms. The fourth-order valence-corrected chi connectivity index (χ4v) is 3.92. The van der Waals surface area contributed by atoms with E-state index in [9.17, 15) is 17.6 Å². The van der Waals surface area contributed by atoms with Gasteiger partial charge in [-0.2, -0.15) is 4.80 Å². The lowest BCUT2D eigenvalue weighted by Gasteiger charge is -2.19. The van der Waals surface area contributed by atoms with E-state index in [1.54, 1.807) is 32.9 Å². The number of amides is 1. The van der Waals surface area contributed by atoms with Gasteiger partial charge in [-0.3, -0.25) is 0 Å². The topological polar surface area (TPSA) is 116 Å². The standard InChI is InChI=1S/C19H19ClFN5O4S/c1-19(2,3)30-18(27)24-31(28,29)16-9-6-13(10-15(16)20)17-22-25-26(23-17)11-12-4-7-14(21)8-5-12/h4-10H,11H2,1-3H3,(H,24,27). The van der Waals surface area contributed by atoms with Crippen molar-refractivity contribution in [1.29, 1.82) is 0 Å². The van der Waals surface area contributed by atoms with Crippen molar-refractivity contribution in [3.05, 3.63) is 58.9 Å². The molecule has 9 nitrogen and oxygen atoms in total. The maximum atomic E-state index is 13.0. The Bertz CT molecular complexity index is 1210. The Balaban J connectivity index is 1.77. The molecule has 31 heavy (non-hydrogen) atoms. The van der Waals surface area contributed by atoms with E-state index in [2.05, 4.69) is 15.4 Å². The van der Waals surface area contributed by atoms with E-state index in [0.717, 1.165) is 5.56 Å². The summed E-state index contributed by atoms with van der Waals surface area (Å²) in [4.78, 5) is 12.8. The fourth-order valence-electron chi connectivity index (χ4n) is 2.50. The van der Waals surface area contributed by atoms with Crippen molar-refractivity contribution in [2.75, 3.05) is 0 Å². The van der Waals surface area contributed by atoms with Gasteiger partial charge in [-0.25, -0.2) is 22.3 Å². The third-order valence-corrected chi connectivity index (χ3v) is 5.58. The van der Waals surface area contributed by atoms with Crippen molar-refractivity contribution < 1.29 is 22.3 Å². The van der Waals surface area contributed by atoms with Crippen LogP contribution in [0.2, 0.25) is 5.02 Å². The fraction of sp³-hybridized carbons (Fsp3) is 0.263. The average molecular weight is 468 g/mol. The lowest BCUT2D eigenvalue weighted by Crippen LogP contribution is -2.36. The smallest absolute Gasteiger partial charge is 0.421 e. The molecule has 0 unspecified atom stereocenters. The second-order valence-electron chi connectivity index (χ2n) is 7.52. The summed E-state index contributed by atoms with van der Waals surface area (Å²) in [6.07, 6.45) is -1.11. The third kappa shape index (κ3) is 5.98. The summed E-state index contributed by atoms with van der Waals surface area (Å²) < 4.78 is 44.7. The van der Waals surface area contributed by atoms with Crippen molar-refractivity contribution >= 4 is 27.7 Å². The van der Waals surface area contributed by atoms with Crippen molar-refractivity contribution in [3.63, 3.8) is 0 Å². The number of hydrogen-bond donors (Lipinski definition) is 1. The first-order valence-electron chi connectivity index (χ1n) is 9.01. The molecule has 2 aromatic carbocycles. The average Bonchev–Trinajstić information content (AvgIpc) is 3.09. The largest absolute Gasteiger partial charge is 0.443 e. The van der Waals surface area contributed by atoms with Crippen LogP contribution in [0, 0.1) is 5.82 Å². The predicted molar refractivity (Wildman–Crippen MR) is 110 cm³/mol. The Morgan fingerprint density at radius 2 is 1.87 bits per heavy atom. The summed E-state index contributed by atoms with van der Waals surface area (Å²) in [6.45, 7) is 5.10. The number of halogens is 2. The summed E-state index contributed by atoms with van der Waals surface area (Å²) in [7, 11) is -4.25. The van der Waals surface area contributed by atoms with Crippen LogP contribution in [0.3, 0.4) is 0 Å². The van der Waals surface area contributed by atoms with E-state index in [1.807, 2.05) is 4.72 Å². The number of carbonyl (C=O) groups is 1. The highest BCUT2D eigenvalue weighted by Gasteiger charge is 2.25. The first-order valence-corrected chi connectivity index (χ1v) is 10.9. The first-order chi connectivity index (χ1) is 14.4. The van der Waals surface area contributed by atoms with Crippen molar-refractivity contribution in [2.45, 2.75) is 37.8 Å². The van der Waals surface area contributed by atoms with Crippen molar-refractivity contribution in [3.8, 4) is 11.4 Å². The van der Waals surface area contributed by atoms with Crippen LogP contribution in [0.15, 0.2) is 47.4 Å². The Hall–Kier alpha value is -3.05. The Morgan fingerprint density at radius 1 is 1.19 bits per heavy atom. The van der Waals surface area contributed by atoms with Crippen LogP contribution in [0.25, 0.3) is 11.4 Å². The highest BCUT2D eigenvalue weighted by atomic mass is 35.5. The highest BCUT2D eigenvalue weighted by Crippen LogP contribution is 2.26. The second kappa shape index (κ2) is 8.60. The molecule has 1 N–H and O–H groups in total. The van der Waals surface area contributed by atoms with Gasteiger partial charge in [0.25, 0.3) is 10.0 Å². The minimum absolute atomic E-state index is 0.136. The van der Waals surface area contributed by atoms with Crippen LogP contribution in [-0.2, 0) is 21.3 Å². The summed E-state index contributed by atoms with van der Waals surface area (Å²) in [5, 5.41) is 12.0. The zero-order valence-corrected chi connectivity index (χ0v) is 18.4. The number of ether oxygens (including phenoxy) is 1. The summed E-state index contributed by atoms with van der Waals surface area (Å²) in [5.41, 5.74) is 0.336. The number of carbonyl (C=O) groups excluding carboxylic acids is 1. The monoisotopic (exact) mass is 467 g/mol. The number of tetrazole rings is 1. The van der Waals surface area contributed by atoms with Crippen LogP contribution in [-0.4, -0.2) is 40.3 Å². The van der Waals surface area contributed by atoms with Crippen LogP contribution in [0.4, 0.5) is 9.18 Å². The molecule has 1 amide bonds. The van der Waals surface area contributed by atoms with Gasteiger partial charge in [0.05, 0.1) is 11.6 Å². The molecule has 164 valence electrons. The van der Waals surface area contributed by atoms with Crippen molar-refractivity contribution in [2.24, 2.45) is 0 Å². The van der Waals surface area contributed by atoms with E-state index < -0.39 is 21.7 Å². The summed E-state index contributed by atoms with van der Waals surface area (Å²) in [6, 6.07) is 9.89. The molecular weight excluding hydrogens is 449 g/mol. The predicted octanol–water partition coefficient (Wildman–Crippen LogP) is 3.39.